The Labute approximate surface area is 115 Å². The fraction of sp³-hybridized carbons (Fsp3) is 0.0667. The molecule has 0 heterocycles. The van der Waals surface area contributed by atoms with Crippen LogP contribution < -0.4 is 10.6 Å². The number of hydrogen-bond acceptors (Lipinski definition) is 2. The summed E-state index contributed by atoms with van der Waals surface area (Å²) in [5.74, 6) is -1.15. The lowest BCUT2D eigenvalue weighted by Gasteiger charge is -2.07. The molecule has 20 heavy (non-hydrogen) atoms. The van der Waals surface area contributed by atoms with Crippen molar-refractivity contribution < 1.29 is 14.0 Å². The highest BCUT2D eigenvalue weighted by molar-refractivity contribution is 6.05. The number of anilines is 1. The van der Waals surface area contributed by atoms with Crippen LogP contribution in [0.3, 0.4) is 0 Å². The third kappa shape index (κ3) is 3.20. The van der Waals surface area contributed by atoms with Crippen LogP contribution in [0.5, 0.6) is 0 Å². The van der Waals surface area contributed by atoms with Gasteiger partial charge in [0.1, 0.15) is 5.82 Å². The highest BCUT2D eigenvalue weighted by Gasteiger charge is 2.08. The zero-order chi connectivity index (χ0) is 14.5. The Bertz CT molecular complexity index is 656. The molecule has 2 aromatic rings. The van der Waals surface area contributed by atoms with Gasteiger partial charge in [0, 0.05) is 23.9 Å². The molecule has 0 bridgehead atoms. The summed E-state index contributed by atoms with van der Waals surface area (Å²) in [6, 6.07) is 11.9. The molecule has 0 aliphatic carbocycles. The quantitative estimate of drug-likeness (QED) is 0.901. The highest BCUT2D eigenvalue weighted by atomic mass is 19.1. The summed E-state index contributed by atoms with van der Waals surface area (Å²) < 4.78 is 13.0. The number of benzene rings is 2. The first kappa shape index (κ1) is 13.7. The first-order valence-corrected chi connectivity index (χ1v) is 5.99. The number of carbonyl (C=O) groups is 2. The molecule has 0 atom stereocenters. The average molecular weight is 272 g/mol. The zero-order valence-corrected chi connectivity index (χ0v) is 10.8. The SMILES string of the molecule is CNC(=O)c1cccc(NC(=O)c2cccc(F)c2)c1. The second-order valence-electron chi connectivity index (χ2n) is 4.12. The highest BCUT2D eigenvalue weighted by Crippen LogP contribution is 2.13. The Morgan fingerprint density at radius 3 is 2.25 bits per heavy atom. The van der Waals surface area contributed by atoms with Crippen LogP contribution in [0.1, 0.15) is 20.7 Å². The van der Waals surface area contributed by atoms with Gasteiger partial charge in [-0.3, -0.25) is 9.59 Å². The van der Waals surface area contributed by atoms with E-state index in [0.717, 1.165) is 6.07 Å². The van der Waals surface area contributed by atoms with Gasteiger partial charge >= 0.3 is 0 Å². The molecule has 2 N–H and O–H groups in total. The van der Waals surface area contributed by atoms with E-state index in [1.165, 1.54) is 25.2 Å². The van der Waals surface area contributed by atoms with Gasteiger partial charge in [-0.15, -0.1) is 0 Å². The number of nitrogens with one attached hydrogen (secondary N) is 2. The zero-order valence-electron chi connectivity index (χ0n) is 10.8. The predicted octanol–water partition coefficient (Wildman–Crippen LogP) is 2.44. The Morgan fingerprint density at radius 1 is 0.950 bits per heavy atom. The molecule has 0 aromatic heterocycles. The van der Waals surface area contributed by atoms with E-state index in [1.54, 1.807) is 24.3 Å². The van der Waals surface area contributed by atoms with Gasteiger partial charge in [0.25, 0.3) is 11.8 Å². The Kier molecular flexibility index (Phi) is 4.10. The maximum atomic E-state index is 13.0. The standard InChI is InChI=1S/C15H13FN2O2/c1-17-14(19)11-5-3-7-13(9-11)18-15(20)10-4-2-6-12(16)8-10/h2-9H,1H3,(H,17,19)(H,18,20). The third-order valence-electron chi connectivity index (χ3n) is 2.70. The molecule has 2 rings (SSSR count). The molecule has 0 aliphatic heterocycles. The minimum atomic E-state index is -0.475. The van der Waals surface area contributed by atoms with Gasteiger partial charge in [-0.25, -0.2) is 4.39 Å². The normalized spacial score (nSPS) is 9.90. The summed E-state index contributed by atoms with van der Waals surface area (Å²) in [6.45, 7) is 0. The fourth-order valence-electron chi connectivity index (χ4n) is 1.72. The van der Waals surface area contributed by atoms with E-state index in [0.29, 0.717) is 11.3 Å². The van der Waals surface area contributed by atoms with Crippen LogP contribution in [0.15, 0.2) is 48.5 Å². The first-order valence-electron chi connectivity index (χ1n) is 5.99. The second kappa shape index (κ2) is 5.97. The maximum absolute atomic E-state index is 13.0. The molecule has 0 saturated carbocycles. The van der Waals surface area contributed by atoms with Crippen molar-refractivity contribution in [1.29, 1.82) is 0 Å². The van der Waals surface area contributed by atoms with Crippen molar-refractivity contribution in [2.24, 2.45) is 0 Å². The molecule has 2 aromatic carbocycles. The van der Waals surface area contributed by atoms with Crippen LogP contribution in [0, 0.1) is 5.82 Å². The maximum Gasteiger partial charge on any atom is 0.255 e. The van der Waals surface area contributed by atoms with Gasteiger partial charge in [0.15, 0.2) is 0 Å². The predicted molar refractivity (Wildman–Crippen MR) is 74.2 cm³/mol. The molecule has 0 unspecified atom stereocenters. The van der Waals surface area contributed by atoms with Crippen molar-refractivity contribution in [3.05, 3.63) is 65.5 Å². The molecule has 5 heteroatoms. The van der Waals surface area contributed by atoms with Crippen LogP contribution in [0.2, 0.25) is 0 Å². The van der Waals surface area contributed by atoms with E-state index >= 15 is 0 Å². The summed E-state index contributed by atoms with van der Waals surface area (Å²) in [7, 11) is 1.53. The monoisotopic (exact) mass is 272 g/mol. The molecular weight excluding hydrogens is 259 g/mol. The Hall–Kier alpha value is -2.69. The van der Waals surface area contributed by atoms with Gasteiger partial charge < -0.3 is 10.6 Å². The van der Waals surface area contributed by atoms with Crippen LogP contribution in [-0.4, -0.2) is 18.9 Å². The number of hydrogen-bond donors (Lipinski definition) is 2. The van der Waals surface area contributed by atoms with Crippen LogP contribution in [-0.2, 0) is 0 Å². The summed E-state index contributed by atoms with van der Waals surface area (Å²) in [4.78, 5) is 23.4. The molecule has 2 amide bonds. The van der Waals surface area contributed by atoms with Crippen molar-refractivity contribution in [1.82, 2.24) is 5.32 Å². The number of amides is 2. The molecule has 0 saturated heterocycles. The Balaban J connectivity index is 2.18. The van der Waals surface area contributed by atoms with Gasteiger partial charge in [-0.05, 0) is 36.4 Å². The molecule has 102 valence electrons. The van der Waals surface area contributed by atoms with Gasteiger partial charge in [-0.1, -0.05) is 12.1 Å². The fourth-order valence-corrected chi connectivity index (χ4v) is 1.72. The molecular formula is C15H13FN2O2. The van der Waals surface area contributed by atoms with Crippen molar-refractivity contribution in [3.8, 4) is 0 Å². The topological polar surface area (TPSA) is 58.2 Å². The second-order valence-corrected chi connectivity index (χ2v) is 4.12. The molecule has 0 radical (unpaired) electrons. The molecule has 0 aliphatic rings. The van der Waals surface area contributed by atoms with E-state index in [4.69, 9.17) is 0 Å². The number of halogens is 1. The van der Waals surface area contributed by atoms with E-state index < -0.39 is 11.7 Å². The molecule has 4 nitrogen and oxygen atoms in total. The van der Waals surface area contributed by atoms with Crippen molar-refractivity contribution in [3.63, 3.8) is 0 Å². The van der Waals surface area contributed by atoms with E-state index in [2.05, 4.69) is 10.6 Å². The average Bonchev–Trinajstić information content (AvgIpc) is 2.46. The first-order chi connectivity index (χ1) is 9.60. The van der Waals surface area contributed by atoms with Crippen LogP contribution in [0.25, 0.3) is 0 Å². The van der Waals surface area contributed by atoms with Gasteiger partial charge in [0.2, 0.25) is 0 Å². The minimum absolute atomic E-state index is 0.218. The lowest BCUT2D eigenvalue weighted by atomic mass is 10.1. The smallest absolute Gasteiger partial charge is 0.255 e. The number of rotatable bonds is 3. The van der Waals surface area contributed by atoms with Crippen LogP contribution >= 0.6 is 0 Å². The minimum Gasteiger partial charge on any atom is -0.355 e. The largest absolute Gasteiger partial charge is 0.355 e. The van der Waals surface area contributed by atoms with Crippen molar-refractivity contribution in [2.75, 3.05) is 12.4 Å². The molecule has 0 spiro atoms. The summed E-state index contributed by atoms with van der Waals surface area (Å²) in [5, 5.41) is 5.12. The van der Waals surface area contributed by atoms with E-state index in [9.17, 15) is 14.0 Å². The van der Waals surface area contributed by atoms with Crippen LogP contribution in [0.4, 0.5) is 10.1 Å². The lowest BCUT2D eigenvalue weighted by molar-refractivity contribution is 0.0961. The number of carbonyl (C=O) groups excluding carboxylic acids is 2. The van der Waals surface area contributed by atoms with E-state index in [1.807, 2.05) is 0 Å². The Morgan fingerprint density at radius 2 is 1.60 bits per heavy atom. The third-order valence-corrected chi connectivity index (χ3v) is 2.70. The van der Waals surface area contributed by atoms with Gasteiger partial charge in [0.05, 0.1) is 0 Å². The van der Waals surface area contributed by atoms with Gasteiger partial charge in [-0.2, -0.15) is 0 Å². The van der Waals surface area contributed by atoms with Crippen molar-refractivity contribution in [2.45, 2.75) is 0 Å². The molecule has 0 fully saturated rings. The summed E-state index contributed by atoms with van der Waals surface area (Å²) in [5.41, 5.74) is 1.13. The van der Waals surface area contributed by atoms with E-state index in [-0.39, 0.29) is 11.5 Å². The summed E-state index contributed by atoms with van der Waals surface area (Å²) >= 11 is 0. The van der Waals surface area contributed by atoms with Crippen molar-refractivity contribution >= 4 is 17.5 Å². The lowest BCUT2D eigenvalue weighted by Crippen LogP contribution is -2.18. The summed E-state index contributed by atoms with van der Waals surface area (Å²) in [6.07, 6.45) is 0.